The summed E-state index contributed by atoms with van der Waals surface area (Å²) >= 11 is 6.00. The van der Waals surface area contributed by atoms with Gasteiger partial charge in [0.2, 0.25) is 0 Å². The fourth-order valence-electron chi connectivity index (χ4n) is 2.54. The monoisotopic (exact) mass is 372 g/mol. The molecule has 0 bridgehead atoms. The van der Waals surface area contributed by atoms with Crippen LogP contribution in [0, 0.1) is 0 Å². The SMILES string of the molecule is COc1cc(Cl)ccc1-c1cccc2cc(S(=O)(=O)O)ccc12.[NaH]. The predicted molar refractivity (Wildman–Crippen MR) is 97.9 cm³/mol. The molecule has 3 aromatic carbocycles. The Balaban J connectivity index is 0.00000208. The predicted octanol–water partition coefficient (Wildman–Crippen LogP) is 3.77. The van der Waals surface area contributed by atoms with E-state index in [1.54, 1.807) is 31.4 Å². The van der Waals surface area contributed by atoms with Crippen LogP contribution in [0.3, 0.4) is 0 Å². The van der Waals surface area contributed by atoms with Crippen LogP contribution in [0.25, 0.3) is 21.9 Å². The molecule has 0 aliphatic heterocycles. The van der Waals surface area contributed by atoms with Gasteiger partial charge in [0, 0.05) is 10.6 Å². The van der Waals surface area contributed by atoms with Crippen molar-refractivity contribution in [1.82, 2.24) is 0 Å². The van der Waals surface area contributed by atoms with Gasteiger partial charge < -0.3 is 4.74 Å². The van der Waals surface area contributed by atoms with Crippen LogP contribution >= 0.6 is 11.6 Å². The molecule has 0 amide bonds. The molecular weight excluding hydrogens is 359 g/mol. The van der Waals surface area contributed by atoms with E-state index in [9.17, 15) is 13.0 Å². The number of halogens is 1. The number of rotatable bonds is 3. The Bertz CT molecular complexity index is 1000. The molecule has 0 heterocycles. The van der Waals surface area contributed by atoms with Crippen molar-refractivity contribution in [1.29, 1.82) is 0 Å². The van der Waals surface area contributed by atoms with Gasteiger partial charge in [-0.05, 0) is 46.7 Å². The van der Waals surface area contributed by atoms with E-state index in [0.29, 0.717) is 16.2 Å². The van der Waals surface area contributed by atoms with Crippen molar-refractivity contribution >= 4 is 62.0 Å². The van der Waals surface area contributed by atoms with Crippen molar-refractivity contribution in [3.05, 3.63) is 59.6 Å². The van der Waals surface area contributed by atoms with Gasteiger partial charge in [0.25, 0.3) is 10.1 Å². The van der Waals surface area contributed by atoms with E-state index in [1.807, 2.05) is 18.2 Å². The molecule has 7 heteroatoms. The summed E-state index contributed by atoms with van der Waals surface area (Å²) in [5, 5.41) is 2.12. The topological polar surface area (TPSA) is 63.6 Å². The molecule has 0 saturated heterocycles. The minimum absolute atomic E-state index is 0. The molecule has 0 aliphatic carbocycles. The Labute approximate surface area is 167 Å². The van der Waals surface area contributed by atoms with Crippen molar-refractivity contribution in [3.63, 3.8) is 0 Å². The number of benzene rings is 3. The molecule has 0 saturated carbocycles. The van der Waals surface area contributed by atoms with Gasteiger partial charge in [0.05, 0.1) is 12.0 Å². The Morgan fingerprint density at radius 3 is 2.42 bits per heavy atom. The number of methoxy groups -OCH3 is 1. The third kappa shape index (κ3) is 3.77. The number of hydrogen-bond donors (Lipinski definition) is 1. The van der Waals surface area contributed by atoms with Gasteiger partial charge in [-0.15, -0.1) is 0 Å². The summed E-state index contributed by atoms with van der Waals surface area (Å²) in [6.07, 6.45) is 0. The summed E-state index contributed by atoms with van der Waals surface area (Å²) in [6.45, 7) is 0. The van der Waals surface area contributed by atoms with Crippen LogP contribution in [0.1, 0.15) is 0 Å². The van der Waals surface area contributed by atoms with Gasteiger partial charge in [0.15, 0.2) is 0 Å². The average molecular weight is 373 g/mol. The van der Waals surface area contributed by atoms with Crippen molar-refractivity contribution in [2.45, 2.75) is 4.90 Å². The molecule has 3 aromatic rings. The van der Waals surface area contributed by atoms with Gasteiger partial charge in [-0.2, -0.15) is 8.42 Å². The summed E-state index contributed by atoms with van der Waals surface area (Å²) in [4.78, 5) is -0.134. The second-order valence-electron chi connectivity index (χ2n) is 5.01. The number of hydrogen-bond acceptors (Lipinski definition) is 3. The molecule has 0 aromatic heterocycles. The summed E-state index contributed by atoms with van der Waals surface area (Å²) < 4.78 is 37.2. The van der Waals surface area contributed by atoms with Gasteiger partial charge in [-0.25, -0.2) is 0 Å². The zero-order chi connectivity index (χ0) is 16.6. The van der Waals surface area contributed by atoms with Crippen LogP contribution in [-0.2, 0) is 10.1 Å². The summed E-state index contributed by atoms with van der Waals surface area (Å²) in [7, 11) is -2.67. The van der Waals surface area contributed by atoms with E-state index in [2.05, 4.69) is 0 Å². The van der Waals surface area contributed by atoms with Crippen molar-refractivity contribution in [2.75, 3.05) is 7.11 Å². The second-order valence-corrected chi connectivity index (χ2v) is 6.87. The van der Waals surface area contributed by atoms with E-state index in [-0.39, 0.29) is 34.5 Å². The molecule has 0 spiro atoms. The third-order valence-electron chi connectivity index (χ3n) is 3.60. The molecule has 0 fully saturated rings. The first-order valence-electron chi connectivity index (χ1n) is 6.74. The third-order valence-corrected chi connectivity index (χ3v) is 4.69. The molecule has 0 radical (unpaired) electrons. The maximum atomic E-state index is 11.3. The summed E-state index contributed by atoms with van der Waals surface area (Å²) in [5.41, 5.74) is 1.74. The first-order chi connectivity index (χ1) is 10.9. The fourth-order valence-corrected chi connectivity index (χ4v) is 3.22. The van der Waals surface area contributed by atoms with E-state index in [1.165, 1.54) is 12.1 Å². The van der Waals surface area contributed by atoms with Crippen LogP contribution < -0.4 is 4.74 Å². The van der Waals surface area contributed by atoms with Crippen LogP contribution in [0.15, 0.2) is 59.5 Å². The van der Waals surface area contributed by atoms with E-state index < -0.39 is 10.1 Å². The Kier molecular flexibility index (Phi) is 5.96. The van der Waals surface area contributed by atoms with Crippen molar-refractivity contribution < 1.29 is 17.7 Å². The van der Waals surface area contributed by atoms with Crippen molar-refractivity contribution in [2.24, 2.45) is 0 Å². The van der Waals surface area contributed by atoms with Gasteiger partial charge in [-0.3, -0.25) is 4.55 Å². The Morgan fingerprint density at radius 2 is 1.75 bits per heavy atom. The van der Waals surface area contributed by atoms with Crippen molar-refractivity contribution in [3.8, 4) is 16.9 Å². The second kappa shape index (κ2) is 7.44. The summed E-state index contributed by atoms with van der Waals surface area (Å²) in [6, 6.07) is 15.4. The number of ether oxygens (including phenoxy) is 1. The maximum absolute atomic E-state index is 11.3. The molecule has 1 N–H and O–H groups in total. The van der Waals surface area contributed by atoms with Crippen LogP contribution in [-0.4, -0.2) is 49.6 Å². The number of fused-ring (bicyclic) bond motifs is 1. The fraction of sp³-hybridized carbons (Fsp3) is 0.0588. The Hall–Kier alpha value is -1.08. The minimum atomic E-state index is -4.23. The normalized spacial score (nSPS) is 11.1. The Morgan fingerprint density at radius 1 is 1.00 bits per heavy atom. The zero-order valence-electron chi connectivity index (χ0n) is 12.2. The molecule has 0 atom stereocenters. The molecule has 3 rings (SSSR count). The molecule has 4 nitrogen and oxygen atoms in total. The van der Waals surface area contributed by atoms with Gasteiger partial charge >= 0.3 is 29.6 Å². The zero-order valence-corrected chi connectivity index (χ0v) is 13.7. The molecule has 0 unspecified atom stereocenters. The molecule has 0 aliphatic rings. The summed E-state index contributed by atoms with van der Waals surface area (Å²) in [5.74, 6) is 0.629. The van der Waals surface area contributed by atoms with E-state index in [0.717, 1.165) is 16.5 Å². The van der Waals surface area contributed by atoms with Gasteiger partial charge in [0.1, 0.15) is 5.75 Å². The van der Waals surface area contributed by atoms with E-state index in [4.69, 9.17) is 16.3 Å². The molecular formula is C17H14ClNaO4S. The van der Waals surface area contributed by atoms with Gasteiger partial charge in [-0.1, -0.05) is 35.9 Å². The molecule has 24 heavy (non-hydrogen) atoms. The van der Waals surface area contributed by atoms with Crippen LogP contribution in [0.2, 0.25) is 5.02 Å². The van der Waals surface area contributed by atoms with Crippen LogP contribution in [0.5, 0.6) is 5.75 Å². The first kappa shape index (κ1) is 19.2. The first-order valence-corrected chi connectivity index (χ1v) is 8.56. The standard InChI is InChI=1S/C17H13ClO4S.Na.H/c1-22-17-10-12(18)5-7-16(17)15-4-2-3-11-9-13(23(19,20)21)6-8-14(11)15;;/h2-10H,1H3,(H,19,20,21);;. The van der Waals surface area contributed by atoms with Crippen LogP contribution in [0.4, 0.5) is 0 Å². The quantitative estimate of drug-likeness (QED) is 0.561. The van der Waals surface area contributed by atoms with E-state index >= 15 is 0 Å². The average Bonchev–Trinajstić information content (AvgIpc) is 2.53. The molecule has 120 valence electrons.